The first-order valence-electron chi connectivity index (χ1n) is 8.93. The number of carbonyl (C=O) groups excluding carboxylic acids is 3. The van der Waals surface area contributed by atoms with E-state index in [4.69, 9.17) is 9.47 Å². The Hall–Kier alpha value is -3.09. The highest BCUT2D eigenvalue weighted by molar-refractivity contribution is 6.09. The van der Waals surface area contributed by atoms with Gasteiger partial charge in [-0.1, -0.05) is 25.0 Å². The third kappa shape index (κ3) is 3.09. The van der Waals surface area contributed by atoms with Crippen LogP contribution in [0.2, 0.25) is 0 Å². The number of nitrogens with one attached hydrogen (secondary N) is 1. The highest BCUT2D eigenvalue weighted by Crippen LogP contribution is 2.35. The number of amides is 3. The minimum absolute atomic E-state index is 0.329. The van der Waals surface area contributed by atoms with Crippen LogP contribution in [0.3, 0.4) is 0 Å². The van der Waals surface area contributed by atoms with Crippen molar-refractivity contribution in [3.63, 3.8) is 0 Å². The summed E-state index contributed by atoms with van der Waals surface area (Å²) in [6, 6.07) is 10.3. The molecule has 0 radical (unpaired) electrons. The van der Waals surface area contributed by atoms with Crippen LogP contribution in [0.15, 0.2) is 36.4 Å². The van der Waals surface area contributed by atoms with E-state index in [1.807, 2.05) is 24.3 Å². The van der Waals surface area contributed by atoms with Crippen molar-refractivity contribution in [3.05, 3.63) is 36.4 Å². The Morgan fingerprint density at radius 3 is 2.44 bits per heavy atom. The third-order valence-corrected chi connectivity index (χ3v) is 5.24. The molecule has 2 fully saturated rings. The molecule has 1 N–H and O–H groups in total. The number of esters is 1. The van der Waals surface area contributed by atoms with Crippen molar-refractivity contribution < 1.29 is 23.9 Å². The molecule has 1 saturated carbocycles. The summed E-state index contributed by atoms with van der Waals surface area (Å²) in [5.41, 5.74) is -0.823. The number of urea groups is 1. The van der Waals surface area contributed by atoms with Gasteiger partial charge in [-0.05, 0) is 47.9 Å². The molecule has 27 heavy (non-hydrogen) atoms. The predicted molar refractivity (Wildman–Crippen MR) is 97.6 cm³/mol. The van der Waals surface area contributed by atoms with Gasteiger partial charge in [0.2, 0.25) is 0 Å². The van der Waals surface area contributed by atoms with Gasteiger partial charge >= 0.3 is 12.0 Å². The van der Waals surface area contributed by atoms with Crippen molar-refractivity contribution in [3.8, 4) is 11.5 Å². The van der Waals surface area contributed by atoms with Crippen LogP contribution < -0.4 is 14.8 Å². The lowest BCUT2D eigenvalue weighted by atomic mass is 9.98. The standard InChI is InChI=1S/C20H20N2O5/c1-26-15-6-4-13-5-7-16(11-14(13)10-15)27-17(23)12-22-18(24)20(21-19(22)25)8-2-3-9-20/h4-7,10-11H,2-3,8-9,12H2,1H3,(H,21,25). The van der Waals surface area contributed by atoms with Crippen LogP contribution in [0.1, 0.15) is 25.7 Å². The first kappa shape index (κ1) is 17.3. The van der Waals surface area contributed by atoms with Gasteiger partial charge < -0.3 is 14.8 Å². The van der Waals surface area contributed by atoms with E-state index in [0.717, 1.165) is 28.5 Å². The first-order chi connectivity index (χ1) is 13.0. The number of methoxy groups -OCH3 is 1. The van der Waals surface area contributed by atoms with E-state index < -0.39 is 24.1 Å². The smallest absolute Gasteiger partial charge is 0.331 e. The van der Waals surface area contributed by atoms with Gasteiger partial charge in [-0.3, -0.25) is 9.69 Å². The molecule has 0 unspecified atom stereocenters. The van der Waals surface area contributed by atoms with E-state index in [1.54, 1.807) is 19.2 Å². The van der Waals surface area contributed by atoms with Crippen molar-refractivity contribution >= 4 is 28.7 Å². The van der Waals surface area contributed by atoms with Crippen molar-refractivity contribution in [2.24, 2.45) is 0 Å². The normalized spacial score (nSPS) is 18.2. The molecule has 7 heteroatoms. The summed E-state index contributed by atoms with van der Waals surface area (Å²) < 4.78 is 10.6. The molecule has 2 aliphatic rings. The fourth-order valence-corrected chi connectivity index (χ4v) is 3.82. The average Bonchev–Trinajstić information content (AvgIpc) is 3.22. The second-order valence-electron chi connectivity index (χ2n) is 6.96. The lowest BCUT2D eigenvalue weighted by Gasteiger charge is -2.19. The zero-order valence-electron chi connectivity index (χ0n) is 15.0. The minimum Gasteiger partial charge on any atom is -0.497 e. The van der Waals surface area contributed by atoms with Gasteiger partial charge in [0.25, 0.3) is 5.91 Å². The lowest BCUT2D eigenvalue weighted by Crippen LogP contribution is -2.44. The van der Waals surface area contributed by atoms with Crippen molar-refractivity contribution in [2.45, 2.75) is 31.2 Å². The quantitative estimate of drug-likeness (QED) is 0.509. The Balaban J connectivity index is 1.47. The number of ether oxygens (including phenoxy) is 2. The summed E-state index contributed by atoms with van der Waals surface area (Å²) in [5, 5.41) is 4.59. The van der Waals surface area contributed by atoms with E-state index in [2.05, 4.69) is 5.32 Å². The topological polar surface area (TPSA) is 84.9 Å². The molecule has 1 heterocycles. The largest absolute Gasteiger partial charge is 0.497 e. The van der Waals surface area contributed by atoms with Gasteiger partial charge in [-0.15, -0.1) is 0 Å². The maximum Gasteiger partial charge on any atom is 0.331 e. The molecule has 2 aromatic rings. The van der Waals surface area contributed by atoms with Crippen molar-refractivity contribution in [2.75, 3.05) is 13.7 Å². The monoisotopic (exact) mass is 368 g/mol. The SMILES string of the molecule is COc1ccc2ccc(OC(=O)CN3C(=O)NC4(CCCC4)C3=O)cc2c1. The van der Waals surface area contributed by atoms with Crippen LogP contribution in [-0.4, -0.2) is 42.0 Å². The molecule has 7 nitrogen and oxygen atoms in total. The van der Waals surface area contributed by atoms with E-state index in [9.17, 15) is 14.4 Å². The highest BCUT2D eigenvalue weighted by atomic mass is 16.5. The van der Waals surface area contributed by atoms with Crippen LogP contribution in [0.25, 0.3) is 10.8 Å². The molecular formula is C20H20N2O5. The molecular weight excluding hydrogens is 348 g/mol. The number of hydrogen-bond acceptors (Lipinski definition) is 5. The molecule has 0 aromatic heterocycles. The lowest BCUT2D eigenvalue weighted by molar-refractivity contribution is -0.140. The van der Waals surface area contributed by atoms with Crippen LogP contribution >= 0.6 is 0 Å². The number of fused-ring (bicyclic) bond motifs is 1. The molecule has 1 saturated heterocycles. The number of imide groups is 1. The summed E-state index contributed by atoms with van der Waals surface area (Å²) in [6.07, 6.45) is 3.03. The van der Waals surface area contributed by atoms with Gasteiger partial charge in [-0.2, -0.15) is 0 Å². The fourth-order valence-electron chi connectivity index (χ4n) is 3.82. The van der Waals surface area contributed by atoms with Crippen LogP contribution in [0.5, 0.6) is 11.5 Å². The molecule has 140 valence electrons. The summed E-state index contributed by atoms with van der Waals surface area (Å²) in [4.78, 5) is 38.0. The molecule has 2 aromatic carbocycles. The molecule has 4 rings (SSSR count). The van der Waals surface area contributed by atoms with E-state index >= 15 is 0 Å². The zero-order valence-corrected chi connectivity index (χ0v) is 15.0. The summed E-state index contributed by atoms with van der Waals surface area (Å²) in [7, 11) is 1.58. The maximum absolute atomic E-state index is 12.6. The van der Waals surface area contributed by atoms with Crippen molar-refractivity contribution in [1.29, 1.82) is 0 Å². The van der Waals surface area contributed by atoms with Crippen molar-refractivity contribution in [1.82, 2.24) is 10.2 Å². The summed E-state index contributed by atoms with van der Waals surface area (Å²) in [5.74, 6) is 0.0663. The Kier molecular flexibility index (Phi) is 4.22. The Labute approximate surface area is 156 Å². The second kappa shape index (κ2) is 6.57. The van der Waals surface area contributed by atoms with Gasteiger partial charge in [0.15, 0.2) is 0 Å². The summed E-state index contributed by atoms with van der Waals surface area (Å²) >= 11 is 0. The van der Waals surface area contributed by atoms with Gasteiger partial charge in [0, 0.05) is 0 Å². The van der Waals surface area contributed by atoms with Crippen LogP contribution in [-0.2, 0) is 9.59 Å². The molecule has 3 amide bonds. The molecule has 1 aliphatic carbocycles. The number of hydrogen-bond donors (Lipinski definition) is 1. The predicted octanol–water partition coefficient (Wildman–Crippen LogP) is 2.62. The number of benzene rings is 2. The number of rotatable bonds is 4. The van der Waals surface area contributed by atoms with Crippen LogP contribution in [0.4, 0.5) is 4.79 Å². The van der Waals surface area contributed by atoms with Gasteiger partial charge in [0.1, 0.15) is 23.6 Å². The second-order valence-corrected chi connectivity index (χ2v) is 6.96. The maximum atomic E-state index is 12.6. The van der Waals surface area contributed by atoms with Crippen LogP contribution in [0, 0.1) is 0 Å². The van der Waals surface area contributed by atoms with E-state index in [-0.39, 0.29) is 5.91 Å². The fraction of sp³-hybridized carbons (Fsp3) is 0.350. The number of carbonyl (C=O) groups is 3. The Bertz CT molecular complexity index is 933. The highest BCUT2D eigenvalue weighted by Gasteiger charge is 2.52. The average molecular weight is 368 g/mol. The van der Waals surface area contributed by atoms with E-state index in [0.29, 0.717) is 24.3 Å². The molecule has 0 atom stereocenters. The Morgan fingerprint density at radius 1 is 1.07 bits per heavy atom. The zero-order chi connectivity index (χ0) is 19.0. The molecule has 0 bridgehead atoms. The van der Waals surface area contributed by atoms with E-state index in [1.165, 1.54) is 0 Å². The minimum atomic E-state index is -0.823. The molecule has 1 spiro atoms. The molecule has 1 aliphatic heterocycles. The van der Waals surface area contributed by atoms with Gasteiger partial charge in [-0.25, -0.2) is 9.59 Å². The summed E-state index contributed by atoms with van der Waals surface area (Å²) in [6.45, 7) is -0.400. The number of nitrogens with zero attached hydrogens (tertiary/aromatic N) is 1. The van der Waals surface area contributed by atoms with Gasteiger partial charge in [0.05, 0.1) is 7.11 Å². The Morgan fingerprint density at radius 2 is 1.74 bits per heavy atom. The first-order valence-corrected chi connectivity index (χ1v) is 8.93. The third-order valence-electron chi connectivity index (χ3n) is 5.24.